The predicted molar refractivity (Wildman–Crippen MR) is 79.1 cm³/mol. The van der Waals surface area contributed by atoms with Gasteiger partial charge in [0.05, 0.1) is 0 Å². The molecule has 0 bridgehead atoms. The third-order valence-corrected chi connectivity index (χ3v) is 3.74. The van der Waals surface area contributed by atoms with E-state index in [0.717, 1.165) is 16.8 Å². The number of rotatable bonds is 1. The van der Waals surface area contributed by atoms with Crippen molar-refractivity contribution in [2.75, 3.05) is 12.3 Å². The number of anilines is 1. The van der Waals surface area contributed by atoms with Gasteiger partial charge in [0, 0.05) is 30.4 Å². The van der Waals surface area contributed by atoms with Crippen LogP contribution in [0, 0.1) is 0 Å². The van der Waals surface area contributed by atoms with Crippen molar-refractivity contribution in [2.24, 2.45) is 0 Å². The average molecular weight is 284 g/mol. The maximum absolute atomic E-state index is 12.5. The summed E-state index contributed by atoms with van der Waals surface area (Å²) in [4.78, 5) is 14.2. The first kappa shape index (κ1) is 13.3. The Morgan fingerprint density at radius 3 is 2.57 bits per heavy atom. The van der Waals surface area contributed by atoms with Gasteiger partial charge in [-0.25, -0.2) is 0 Å². The third kappa shape index (κ3) is 2.50. The van der Waals surface area contributed by atoms with Gasteiger partial charge in [-0.05, 0) is 35.7 Å². The molecule has 2 aromatic rings. The fraction of sp³-hybridized carbons (Fsp3) is 0.188. The molecule has 4 N–H and O–H groups in total. The lowest BCUT2D eigenvalue weighted by molar-refractivity contribution is 0.0734. The highest BCUT2D eigenvalue weighted by Crippen LogP contribution is 2.27. The van der Waals surface area contributed by atoms with Crippen molar-refractivity contribution in [1.82, 2.24) is 4.90 Å². The second kappa shape index (κ2) is 5.01. The number of nitrogens with zero attached hydrogens (tertiary/aromatic N) is 1. The van der Waals surface area contributed by atoms with Crippen molar-refractivity contribution in [3.63, 3.8) is 0 Å². The highest BCUT2D eigenvalue weighted by Gasteiger charge is 2.23. The summed E-state index contributed by atoms with van der Waals surface area (Å²) in [6, 6.07) is 9.62. The Labute approximate surface area is 122 Å². The number of nitrogen functional groups attached to an aromatic ring is 1. The van der Waals surface area contributed by atoms with E-state index in [-0.39, 0.29) is 23.0 Å². The molecule has 5 nitrogen and oxygen atoms in total. The molecule has 1 amide bonds. The molecule has 0 aromatic heterocycles. The molecule has 0 fully saturated rings. The molecule has 0 atom stereocenters. The van der Waals surface area contributed by atoms with Crippen LogP contribution in [-0.4, -0.2) is 27.6 Å². The first-order valence-electron chi connectivity index (χ1n) is 6.73. The quantitative estimate of drug-likeness (QED) is 0.698. The zero-order valence-electron chi connectivity index (χ0n) is 11.4. The molecule has 108 valence electrons. The first-order valence-corrected chi connectivity index (χ1v) is 6.73. The normalized spacial score (nSPS) is 13.8. The molecule has 2 aromatic carbocycles. The number of hydrogen-bond donors (Lipinski definition) is 3. The van der Waals surface area contributed by atoms with Gasteiger partial charge in [-0.3, -0.25) is 4.79 Å². The van der Waals surface area contributed by atoms with E-state index in [2.05, 4.69) is 0 Å². The number of carbonyl (C=O) groups is 1. The Morgan fingerprint density at radius 1 is 1.14 bits per heavy atom. The largest absolute Gasteiger partial charge is 0.508 e. The van der Waals surface area contributed by atoms with E-state index in [0.29, 0.717) is 19.5 Å². The van der Waals surface area contributed by atoms with Crippen molar-refractivity contribution in [3.8, 4) is 11.5 Å². The maximum atomic E-state index is 12.5. The van der Waals surface area contributed by atoms with Crippen molar-refractivity contribution < 1.29 is 15.0 Å². The van der Waals surface area contributed by atoms with Crippen molar-refractivity contribution in [2.45, 2.75) is 13.0 Å². The number of hydrogen-bond acceptors (Lipinski definition) is 4. The summed E-state index contributed by atoms with van der Waals surface area (Å²) in [6.07, 6.45) is 0.707. The monoisotopic (exact) mass is 284 g/mol. The summed E-state index contributed by atoms with van der Waals surface area (Å²) in [5, 5.41) is 19.0. The number of nitrogens with two attached hydrogens (primary N) is 1. The van der Waals surface area contributed by atoms with Gasteiger partial charge in [-0.15, -0.1) is 0 Å². The standard InChI is InChI=1S/C16H16N2O3/c17-15-3-1-2-10-9-18(5-4-14(10)15)16(21)11-6-12(19)8-13(20)7-11/h1-3,6-8,19-20H,4-5,9,17H2. The number of benzene rings is 2. The van der Waals surface area contributed by atoms with Crippen molar-refractivity contribution >= 4 is 11.6 Å². The second-order valence-electron chi connectivity index (χ2n) is 5.20. The first-order chi connectivity index (χ1) is 10.0. The molecular formula is C16H16N2O3. The topological polar surface area (TPSA) is 86.8 Å². The minimum Gasteiger partial charge on any atom is -0.508 e. The van der Waals surface area contributed by atoms with Gasteiger partial charge in [0.1, 0.15) is 11.5 Å². The summed E-state index contributed by atoms with van der Waals surface area (Å²) in [5.74, 6) is -0.464. The minimum absolute atomic E-state index is 0.125. The highest BCUT2D eigenvalue weighted by atomic mass is 16.3. The summed E-state index contributed by atoms with van der Waals surface area (Å²) in [6.45, 7) is 1.05. The van der Waals surface area contributed by atoms with Gasteiger partial charge in [0.15, 0.2) is 0 Å². The number of fused-ring (bicyclic) bond motifs is 1. The smallest absolute Gasteiger partial charge is 0.254 e. The molecule has 0 spiro atoms. The van der Waals surface area contributed by atoms with Gasteiger partial charge in [-0.1, -0.05) is 12.1 Å². The van der Waals surface area contributed by atoms with E-state index in [4.69, 9.17) is 5.73 Å². The van der Waals surface area contributed by atoms with Gasteiger partial charge in [0.2, 0.25) is 0 Å². The highest BCUT2D eigenvalue weighted by molar-refractivity contribution is 5.95. The molecule has 3 rings (SSSR count). The van der Waals surface area contributed by atoms with Crippen LogP contribution in [0.2, 0.25) is 0 Å². The third-order valence-electron chi connectivity index (χ3n) is 3.74. The molecule has 0 radical (unpaired) electrons. The van der Waals surface area contributed by atoms with E-state index in [1.807, 2.05) is 18.2 Å². The lowest BCUT2D eigenvalue weighted by atomic mass is 9.97. The van der Waals surface area contributed by atoms with E-state index in [1.165, 1.54) is 18.2 Å². The van der Waals surface area contributed by atoms with Crippen LogP contribution in [0.5, 0.6) is 11.5 Å². The molecule has 1 aliphatic heterocycles. The van der Waals surface area contributed by atoms with E-state index >= 15 is 0 Å². The van der Waals surface area contributed by atoms with Crippen LogP contribution in [-0.2, 0) is 13.0 Å². The maximum Gasteiger partial charge on any atom is 0.254 e. The van der Waals surface area contributed by atoms with Crippen LogP contribution in [0.3, 0.4) is 0 Å². The SMILES string of the molecule is Nc1cccc2c1CCN(C(=O)c1cc(O)cc(O)c1)C2. The molecule has 0 aliphatic carbocycles. The zero-order valence-corrected chi connectivity index (χ0v) is 11.4. The Kier molecular flexibility index (Phi) is 3.17. The fourth-order valence-electron chi connectivity index (χ4n) is 2.71. The number of phenols is 2. The molecule has 5 heteroatoms. The van der Waals surface area contributed by atoms with Gasteiger partial charge >= 0.3 is 0 Å². The summed E-state index contributed by atoms with van der Waals surface area (Å²) >= 11 is 0. The average Bonchev–Trinajstić information content (AvgIpc) is 2.45. The van der Waals surface area contributed by atoms with Gasteiger partial charge < -0.3 is 20.8 Å². The molecule has 1 aliphatic rings. The molecular weight excluding hydrogens is 268 g/mol. The lowest BCUT2D eigenvalue weighted by Gasteiger charge is -2.29. The van der Waals surface area contributed by atoms with Crippen LogP contribution in [0.15, 0.2) is 36.4 Å². The Morgan fingerprint density at radius 2 is 1.86 bits per heavy atom. The van der Waals surface area contributed by atoms with E-state index in [9.17, 15) is 15.0 Å². The van der Waals surface area contributed by atoms with Crippen LogP contribution in [0.1, 0.15) is 21.5 Å². The molecule has 1 heterocycles. The summed E-state index contributed by atoms with van der Waals surface area (Å²) < 4.78 is 0. The van der Waals surface area contributed by atoms with Crippen LogP contribution < -0.4 is 5.73 Å². The van der Waals surface area contributed by atoms with E-state index < -0.39 is 0 Å². The lowest BCUT2D eigenvalue weighted by Crippen LogP contribution is -2.36. The zero-order chi connectivity index (χ0) is 15.0. The summed E-state index contributed by atoms with van der Waals surface area (Å²) in [5.41, 5.74) is 9.12. The molecule has 0 saturated carbocycles. The van der Waals surface area contributed by atoms with Crippen molar-refractivity contribution in [3.05, 3.63) is 53.1 Å². The van der Waals surface area contributed by atoms with Crippen LogP contribution in [0.25, 0.3) is 0 Å². The van der Waals surface area contributed by atoms with E-state index in [1.54, 1.807) is 4.90 Å². The Balaban J connectivity index is 1.87. The predicted octanol–water partition coefficient (Wildman–Crippen LogP) is 1.88. The van der Waals surface area contributed by atoms with Crippen molar-refractivity contribution in [1.29, 1.82) is 0 Å². The fourth-order valence-corrected chi connectivity index (χ4v) is 2.71. The molecule has 21 heavy (non-hydrogen) atoms. The van der Waals surface area contributed by atoms with Crippen LogP contribution >= 0.6 is 0 Å². The molecule has 0 unspecified atom stereocenters. The summed E-state index contributed by atoms with van der Waals surface area (Å²) in [7, 11) is 0. The Hall–Kier alpha value is -2.69. The van der Waals surface area contributed by atoms with Crippen LogP contribution in [0.4, 0.5) is 5.69 Å². The van der Waals surface area contributed by atoms with Gasteiger partial charge in [-0.2, -0.15) is 0 Å². The number of amides is 1. The second-order valence-corrected chi connectivity index (χ2v) is 5.20. The number of phenolic OH excluding ortho intramolecular Hbond substituents is 2. The molecule has 0 saturated heterocycles. The van der Waals surface area contributed by atoms with Gasteiger partial charge in [0.25, 0.3) is 5.91 Å². The Bertz CT molecular complexity index is 692. The number of aromatic hydroxyl groups is 2. The number of carbonyl (C=O) groups excluding carboxylic acids is 1. The minimum atomic E-state index is -0.214.